The first-order chi connectivity index (χ1) is 18.4. The van der Waals surface area contributed by atoms with Crippen LogP contribution in [0, 0.1) is 11.6 Å². The molecular formula is C24H22AlCl3F2N4O5. The molecule has 0 fully saturated rings. The van der Waals surface area contributed by atoms with Crippen molar-refractivity contribution in [3.63, 3.8) is 0 Å². The van der Waals surface area contributed by atoms with Gasteiger partial charge in [-0.25, -0.2) is 43.7 Å². The Labute approximate surface area is 238 Å². The number of amides is 2. The Bertz CT molecular complexity index is 1510. The van der Waals surface area contributed by atoms with Crippen LogP contribution in [0.2, 0.25) is 0 Å². The van der Waals surface area contributed by atoms with Gasteiger partial charge in [-0.05, 0) is 37.3 Å². The van der Waals surface area contributed by atoms with Gasteiger partial charge in [0.15, 0.2) is 0 Å². The smallest absolute Gasteiger partial charge is 0.460 e. The van der Waals surface area contributed by atoms with E-state index in [1.54, 1.807) is 19.2 Å². The van der Waals surface area contributed by atoms with Gasteiger partial charge < -0.3 is 25.3 Å². The number of carbonyl (C=O) groups is 4. The maximum absolute atomic E-state index is 14.0. The van der Waals surface area contributed by atoms with E-state index in [1.807, 2.05) is 0 Å². The highest BCUT2D eigenvalue weighted by molar-refractivity contribution is 7.54. The zero-order chi connectivity index (χ0) is 29.3. The molecule has 0 atom stereocenters. The Hall–Kier alpha value is -3.14. The zero-order valence-corrected chi connectivity index (χ0v) is 24.2. The number of esters is 1. The molecular weight excluding hydrogens is 596 g/mol. The van der Waals surface area contributed by atoms with Crippen LogP contribution in [0.4, 0.5) is 20.2 Å². The maximum Gasteiger partial charge on any atom is 0.643 e. The molecule has 0 unspecified atom stereocenters. The molecule has 0 spiro atoms. The van der Waals surface area contributed by atoms with Gasteiger partial charge in [-0.15, -0.1) is 0 Å². The van der Waals surface area contributed by atoms with Gasteiger partial charge in [0, 0.05) is 37.0 Å². The van der Waals surface area contributed by atoms with Crippen LogP contribution < -0.4 is 10.6 Å². The monoisotopic (exact) mass is 616 g/mol. The molecule has 2 amide bonds. The predicted octanol–water partition coefficient (Wildman–Crippen LogP) is 5.96. The van der Waals surface area contributed by atoms with Crippen molar-refractivity contribution in [2.45, 2.75) is 20.8 Å². The van der Waals surface area contributed by atoms with Crippen LogP contribution in [0.15, 0.2) is 42.7 Å². The van der Waals surface area contributed by atoms with Crippen LogP contribution in [0.25, 0.3) is 21.8 Å². The lowest BCUT2D eigenvalue weighted by Gasteiger charge is -2.05. The fourth-order valence-corrected chi connectivity index (χ4v) is 3.40. The molecule has 39 heavy (non-hydrogen) atoms. The quantitative estimate of drug-likeness (QED) is 0.0949. The lowest BCUT2D eigenvalue weighted by Crippen LogP contribution is -2.17. The van der Waals surface area contributed by atoms with Crippen molar-refractivity contribution < 1.29 is 32.7 Å². The third kappa shape index (κ3) is 8.95. The molecule has 0 saturated heterocycles. The zero-order valence-electron chi connectivity index (χ0n) is 20.8. The van der Waals surface area contributed by atoms with E-state index < -0.39 is 29.0 Å². The van der Waals surface area contributed by atoms with Crippen LogP contribution in [-0.2, 0) is 19.1 Å². The number of ketones is 1. The van der Waals surface area contributed by atoms with Gasteiger partial charge in [-0.1, -0.05) is 0 Å². The number of anilines is 2. The number of hydrogen-bond donors (Lipinski definition) is 4. The Kier molecular flexibility index (Phi) is 12.2. The molecule has 0 radical (unpaired) electrons. The number of aromatic amines is 2. The van der Waals surface area contributed by atoms with E-state index in [-0.39, 0.29) is 40.7 Å². The summed E-state index contributed by atoms with van der Waals surface area (Å²) >= 11 is -1.72. The standard InChI is InChI=1S/C14H13FN2O4.C10H9FN2O.Al.3ClH/c1-3-21-14(20)13(19)8-6-16-12-10(17-7(2)18)5-4-9(15)11(8)12;1-6(14)13-9-3-2-8(11)7-4-5-12-10(7)9;;;;/h4-6,16H,3H2,1-2H3,(H,17,18);2-5,12H,1H3,(H,13,14);;3*1H/q;;+3;;;/p-3. The minimum atomic E-state index is -1.72. The van der Waals surface area contributed by atoms with E-state index in [9.17, 15) is 28.0 Å². The van der Waals surface area contributed by atoms with Crippen LogP contribution in [0.1, 0.15) is 31.1 Å². The van der Waals surface area contributed by atoms with Crippen molar-refractivity contribution in [2.75, 3.05) is 17.2 Å². The molecule has 4 rings (SSSR count). The normalized spacial score (nSPS) is 10.1. The third-order valence-electron chi connectivity index (χ3n) is 4.78. The summed E-state index contributed by atoms with van der Waals surface area (Å²) in [4.78, 5) is 51.0. The number of rotatable bonds is 5. The number of nitrogens with one attached hydrogen (secondary N) is 4. The highest BCUT2D eigenvalue weighted by atomic mass is 35.8. The number of ether oxygens (including phenoxy) is 1. The molecule has 0 aliphatic rings. The first-order valence-corrected chi connectivity index (χ1v) is 16.3. The lowest BCUT2D eigenvalue weighted by atomic mass is 10.1. The van der Waals surface area contributed by atoms with Gasteiger partial charge in [0.05, 0.1) is 34.6 Å². The Morgan fingerprint density at radius 3 is 1.95 bits per heavy atom. The summed E-state index contributed by atoms with van der Waals surface area (Å²) in [7, 11) is 14.8. The number of H-pyrrole nitrogens is 2. The molecule has 0 aliphatic heterocycles. The van der Waals surface area contributed by atoms with Crippen molar-refractivity contribution in [3.05, 3.63) is 59.9 Å². The van der Waals surface area contributed by atoms with E-state index in [0.29, 0.717) is 22.3 Å². The van der Waals surface area contributed by atoms with Gasteiger partial charge in [0.2, 0.25) is 11.8 Å². The Balaban J connectivity index is 0.000000254. The molecule has 2 aromatic heterocycles. The highest BCUT2D eigenvalue weighted by Gasteiger charge is 2.24. The molecule has 4 aromatic rings. The van der Waals surface area contributed by atoms with Gasteiger partial charge in [0.1, 0.15) is 11.6 Å². The van der Waals surface area contributed by atoms with Gasteiger partial charge in [0.25, 0.3) is 5.78 Å². The SMILES string of the molecule is CC(=O)Nc1ccc(F)c2cc[nH]c12.CCOC(=O)C(=O)c1c[nH]c2c(NC(C)=O)ccc(F)c12.[Cl][Al]([Cl])[Cl]. The van der Waals surface area contributed by atoms with Crippen molar-refractivity contribution in [3.8, 4) is 0 Å². The largest absolute Gasteiger partial charge is 0.643 e. The topological polar surface area (TPSA) is 133 Å². The maximum atomic E-state index is 14.0. The van der Waals surface area contributed by atoms with Crippen LogP contribution >= 0.6 is 30.1 Å². The summed E-state index contributed by atoms with van der Waals surface area (Å²) in [5.41, 5.74) is 1.63. The second kappa shape index (κ2) is 14.9. The fraction of sp³-hybridized carbons (Fsp3) is 0.167. The lowest BCUT2D eigenvalue weighted by molar-refractivity contribution is -0.137. The number of carbonyl (C=O) groups excluding carboxylic acids is 4. The molecule has 15 heteroatoms. The summed E-state index contributed by atoms with van der Waals surface area (Å²) in [6.45, 7) is 4.34. The number of aromatic nitrogens is 2. The van der Waals surface area contributed by atoms with Crippen LogP contribution in [0.5, 0.6) is 0 Å². The van der Waals surface area contributed by atoms with E-state index in [2.05, 4.69) is 25.3 Å². The average molecular weight is 618 g/mol. The van der Waals surface area contributed by atoms with Crippen molar-refractivity contribution >= 4 is 98.3 Å². The van der Waals surface area contributed by atoms with Gasteiger partial charge in [-0.2, -0.15) is 0 Å². The molecule has 4 N–H and O–H groups in total. The minimum Gasteiger partial charge on any atom is -0.460 e. The number of Topliss-reactive ketones (excluding diaryl/α,β-unsaturated/α-hetero) is 1. The molecule has 0 aliphatic carbocycles. The van der Waals surface area contributed by atoms with E-state index in [0.717, 1.165) is 6.07 Å². The first kappa shape index (κ1) is 32.1. The molecule has 9 nitrogen and oxygen atoms in total. The molecule has 0 bridgehead atoms. The molecule has 206 valence electrons. The second-order valence-corrected chi connectivity index (χ2v) is 14.0. The third-order valence-corrected chi connectivity index (χ3v) is 4.78. The predicted molar refractivity (Wildman–Crippen MR) is 149 cm³/mol. The molecule has 2 heterocycles. The van der Waals surface area contributed by atoms with Gasteiger partial charge >= 0.3 is 17.4 Å². The Morgan fingerprint density at radius 2 is 1.41 bits per heavy atom. The number of fused-ring (bicyclic) bond motifs is 2. The number of halogens is 5. The van der Waals surface area contributed by atoms with Crippen LogP contribution in [-0.4, -0.2) is 51.5 Å². The second-order valence-electron chi connectivity index (χ2n) is 7.57. The summed E-state index contributed by atoms with van der Waals surface area (Å²) in [5.74, 6) is -3.48. The van der Waals surface area contributed by atoms with E-state index >= 15 is 0 Å². The summed E-state index contributed by atoms with van der Waals surface area (Å²) in [6.07, 6.45) is 2.86. The molecule has 0 saturated carbocycles. The van der Waals surface area contributed by atoms with Crippen molar-refractivity contribution in [1.29, 1.82) is 0 Å². The summed E-state index contributed by atoms with van der Waals surface area (Å²) in [6, 6.07) is 6.99. The van der Waals surface area contributed by atoms with Crippen LogP contribution in [0.3, 0.4) is 0 Å². The summed E-state index contributed by atoms with van der Waals surface area (Å²) < 4.78 is 31.8. The average Bonchev–Trinajstić information content (AvgIpc) is 3.51. The van der Waals surface area contributed by atoms with Crippen molar-refractivity contribution in [2.24, 2.45) is 0 Å². The number of benzene rings is 2. The van der Waals surface area contributed by atoms with E-state index in [4.69, 9.17) is 30.1 Å². The summed E-state index contributed by atoms with van der Waals surface area (Å²) in [5, 5.41) is 5.57. The van der Waals surface area contributed by atoms with E-state index in [1.165, 1.54) is 38.2 Å². The highest BCUT2D eigenvalue weighted by Crippen LogP contribution is 2.29. The van der Waals surface area contributed by atoms with Gasteiger partial charge in [-0.3, -0.25) is 14.4 Å². The Morgan fingerprint density at radius 1 is 0.872 bits per heavy atom. The molecule has 2 aromatic carbocycles. The fourth-order valence-electron chi connectivity index (χ4n) is 3.40. The van der Waals surface area contributed by atoms with Crippen molar-refractivity contribution in [1.82, 2.24) is 9.97 Å². The number of hydrogen-bond acceptors (Lipinski definition) is 5. The first-order valence-electron chi connectivity index (χ1n) is 11.1. The minimum absolute atomic E-state index is 0.0482.